The number of fused-ring (bicyclic) bond motifs is 5. The first kappa shape index (κ1) is 15.3. The number of ether oxygens (including phenoxy) is 1. The number of hydrogen-bond donors (Lipinski definition) is 0. The number of amides is 2. The zero-order valence-electron chi connectivity index (χ0n) is 12.9. The number of carbonyl (C=O) groups excluding carboxylic acids is 2. The summed E-state index contributed by atoms with van der Waals surface area (Å²) >= 11 is 5.81. The maximum atomic E-state index is 12.9. The van der Waals surface area contributed by atoms with Gasteiger partial charge in [0.1, 0.15) is 5.69 Å². The molecular weight excluding hydrogens is 336 g/mol. The fourth-order valence-electron chi connectivity index (χ4n) is 4.10. The predicted molar refractivity (Wildman–Crippen MR) is 84.6 cm³/mol. The highest BCUT2D eigenvalue weighted by molar-refractivity contribution is 6.31. The van der Waals surface area contributed by atoms with E-state index in [-0.39, 0.29) is 16.4 Å². The molecule has 0 aliphatic carbocycles. The molecule has 0 aromatic heterocycles. The largest absolute Gasteiger partial charge is 0.359 e. The third-order valence-electron chi connectivity index (χ3n) is 5.10. The molecule has 1 aromatic rings. The number of hydrogen-bond acceptors (Lipinski definition) is 5. The Morgan fingerprint density at radius 3 is 2.21 bits per heavy atom. The third-order valence-corrected chi connectivity index (χ3v) is 5.34. The van der Waals surface area contributed by atoms with E-state index in [1.54, 1.807) is 26.0 Å². The summed E-state index contributed by atoms with van der Waals surface area (Å²) in [6.45, 7) is 3.51. The Morgan fingerprint density at radius 2 is 1.71 bits per heavy atom. The fourth-order valence-corrected chi connectivity index (χ4v) is 4.27. The number of rotatable bonds is 2. The second-order valence-electron chi connectivity index (χ2n) is 6.66. The van der Waals surface area contributed by atoms with Crippen LogP contribution in [0.25, 0.3) is 0 Å². The van der Waals surface area contributed by atoms with Crippen molar-refractivity contribution in [2.45, 2.75) is 25.0 Å². The molecule has 0 spiro atoms. The second kappa shape index (κ2) is 4.43. The van der Waals surface area contributed by atoms with Gasteiger partial charge in [0, 0.05) is 11.1 Å². The minimum absolute atomic E-state index is 0.0552. The van der Waals surface area contributed by atoms with Crippen molar-refractivity contribution < 1.29 is 19.2 Å². The summed E-state index contributed by atoms with van der Waals surface area (Å²) in [5.74, 6) is -2.33. The average molecular weight is 349 g/mol. The quantitative estimate of drug-likeness (QED) is 0.354. The van der Waals surface area contributed by atoms with E-state index in [4.69, 9.17) is 16.3 Å². The lowest BCUT2D eigenvalue weighted by molar-refractivity contribution is -0.384. The molecule has 3 aliphatic heterocycles. The van der Waals surface area contributed by atoms with Gasteiger partial charge < -0.3 is 4.74 Å². The number of nitro groups is 1. The summed E-state index contributed by atoms with van der Waals surface area (Å²) in [6.07, 6.45) is 3.58. The van der Waals surface area contributed by atoms with Crippen LogP contribution in [0.4, 0.5) is 11.4 Å². The molecule has 2 bridgehead atoms. The minimum Gasteiger partial charge on any atom is -0.359 e. The molecule has 3 heterocycles. The summed E-state index contributed by atoms with van der Waals surface area (Å²) in [4.78, 5) is 37.4. The van der Waals surface area contributed by atoms with Crippen molar-refractivity contribution in [1.82, 2.24) is 0 Å². The lowest BCUT2D eigenvalue weighted by atomic mass is 9.73. The topological polar surface area (TPSA) is 89.8 Å². The molecule has 0 N–H and O–H groups in total. The van der Waals surface area contributed by atoms with Crippen LogP contribution < -0.4 is 4.90 Å². The second-order valence-corrected chi connectivity index (χ2v) is 7.10. The van der Waals surface area contributed by atoms with Gasteiger partial charge in [-0.15, -0.1) is 0 Å². The molecule has 4 atom stereocenters. The number of anilines is 1. The van der Waals surface area contributed by atoms with Crippen LogP contribution in [0.1, 0.15) is 13.8 Å². The summed E-state index contributed by atoms with van der Waals surface area (Å²) in [5, 5.41) is 11.5. The van der Waals surface area contributed by atoms with Gasteiger partial charge in [0.05, 0.1) is 28.0 Å². The van der Waals surface area contributed by atoms with E-state index in [9.17, 15) is 19.7 Å². The van der Waals surface area contributed by atoms with Gasteiger partial charge in [-0.3, -0.25) is 19.7 Å². The first-order chi connectivity index (χ1) is 11.2. The van der Waals surface area contributed by atoms with Gasteiger partial charge in [-0.1, -0.05) is 23.8 Å². The van der Waals surface area contributed by atoms with Crippen molar-refractivity contribution >= 4 is 34.8 Å². The summed E-state index contributed by atoms with van der Waals surface area (Å²) < 4.78 is 5.90. The number of carbonyl (C=O) groups is 2. The van der Waals surface area contributed by atoms with E-state index in [1.165, 1.54) is 12.1 Å². The Hall–Kier alpha value is -2.25. The van der Waals surface area contributed by atoms with Crippen molar-refractivity contribution in [3.8, 4) is 0 Å². The van der Waals surface area contributed by atoms with E-state index in [2.05, 4.69) is 0 Å². The molecule has 2 saturated heterocycles. The normalized spacial score (nSPS) is 36.5. The Bertz CT molecular complexity index is 817. The van der Waals surface area contributed by atoms with Crippen molar-refractivity contribution in [3.05, 3.63) is 45.5 Å². The van der Waals surface area contributed by atoms with Crippen LogP contribution in [0.2, 0.25) is 5.02 Å². The van der Waals surface area contributed by atoms with Gasteiger partial charge in [-0.25, -0.2) is 4.90 Å². The zero-order chi connectivity index (χ0) is 17.4. The number of imide groups is 1. The summed E-state index contributed by atoms with van der Waals surface area (Å²) in [5.41, 5.74) is -2.18. The van der Waals surface area contributed by atoms with Gasteiger partial charge in [-0.05, 0) is 26.0 Å². The predicted octanol–water partition coefficient (Wildman–Crippen LogP) is 2.47. The molecule has 124 valence electrons. The maximum Gasteiger partial charge on any atom is 0.294 e. The monoisotopic (exact) mass is 348 g/mol. The molecule has 3 aliphatic rings. The Labute approximate surface area is 142 Å². The van der Waals surface area contributed by atoms with Crippen LogP contribution >= 0.6 is 11.6 Å². The van der Waals surface area contributed by atoms with Crippen molar-refractivity contribution in [2.24, 2.45) is 11.8 Å². The molecule has 2 fully saturated rings. The van der Waals surface area contributed by atoms with Crippen molar-refractivity contribution in [1.29, 1.82) is 0 Å². The molecule has 4 rings (SSSR count). The van der Waals surface area contributed by atoms with Crippen LogP contribution in [0.5, 0.6) is 0 Å². The minimum atomic E-state index is -0.873. The standard InChI is InChI=1S/C16H13ClN2O5/c1-15-5-6-16(2,24-15)12-11(15)13(20)18(14(12)21)9-4-3-8(17)7-10(9)19(22)23/h3-7,11-12H,1-2H3/t11-,12+,15-,16+. The molecule has 24 heavy (non-hydrogen) atoms. The lowest BCUT2D eigenvalue weighted by Crippen LogP contribution is -2.39. The van der Waals surface area contributed by atoms with Crippen molar-refractivity contribution in [2.75, 3.05) is 4.90 Å². The van der Waals surface area contributed by atoms with E-state index in [1.807, 2.05) is 0 Å². The SMILES string of the molecule is C[C@]12C=C[C@](C)(O1)[C@@H]1C(=O)N(c3ccc(Cl)cc3[N+](=O)[O-])C(=O)[C@@H]12. The molecule has 0 radical (unpaired) electrons. The first-order valence-corrected chi connectivity index (χ1v) is 7.78. The van der Waals surface area contributed by atoms with E-state index >= 15 is 0 Å². The smallest absolute Gasteiger partial charge is 0.294 e. The van der Waals surface area contributed by atoms with Crippen LogP contribution in [-0.2, 0) is 14.3 Å². The van der Waals surface area contributed by atoms with Crippen LogP contribution in [0, 0.1) is 22.0 Å². The van der Waals surface area contributed by atoms with E-state index < -0.39 is 39.8 Å². The number of nitro benzene ring substituents is 1. The fraction of sp³-hybridized carbons (Fsp3) is 0.375. The highest BCUT2D eigenvalue weighted by Crippen LogP contribution is 2.57. The summed E-state index contributed by atoms with van der Waals surface area (Å²) in [7, 11) is 0. The van der Waals surface area contributed by atoms with Crippen LogP contribution in [0.15, 0.2) is 30.4 Å². The molecule has 2 amide bonds. The first-order valence-electron chi connectivity index (χ1n) is 7.40. The van der Waals surface area contributed by atoms with Crippen LogP contribution in [0.3, 0.4) is 0 Å². The molecule has 1 aromatic carbocycles. The van der Waals surface area contributed by atoms with E-state index in [0.717, 1.165) is 11.0 Å². The zero-order valence-corrected chi connectivity index (χ0v) is 13.6. The Kier molecular flexibility index (Phi) is 2.82. The highest BCUT2D eigenvalue weighted by Gasteiger charge is 2.70. The van der Waals surface area contributed by atoms with Gasteiger partial charge >= 0.3 is 0 Å². The Morgan fingerprint density at radius 1 is 1.17 bits per heavy atom. The number of nitrogens with zero attached hydrogens (tertiary/aromatic N) is 2. The third kappa shape index (κ3) is 1.71. The highest BCUT2D eigenvalue weighted by atomic mass is 35.5. The lowest BCUT2D eigenvalue weighted by Gasteiger charge is -2.25. The molecule has 0 saturated carbocycles. The van der Waals surface area contributed by atoms with Crippen molar-refractivity contribution in [3.63, 3.8) is 0 Å². The number of benzene rings is 1. The summed E-state index contributed by atoms with van der Waals surface area (Å²) in [6, 6.07) is 3.89. The molecule has 8 heteroatoms. The molecular formula is C16H13ClN2O5. The van der Waals surface area contributed by atoms with Gasteiger partial charge in [0.2, 0.25) is 11.8 Å². The average Bonchev–Trinajstić information content (AvgIpc) is 3.04. The van der Waals surface area contributed by atoms with Gasteiger partial charge in [0.25, 0.3) is 5.69 Å². The number of halogens is 1. The Balaban J connectivity index is 1.85. The van der Waals surface area contributed by atoms with E-state index in [0.29, 0.717) is 0 Å². The molecule has 7 nitrogen and oxygen atoms in total. The van der Waals surface area contributed by atoms with Gasteiger partial charge in [-0.2, -0.15) is 0 Å². The molecule has 0 unspecified atom stereocenters. The van der Waals surface area contributed by atoms with Gasteiger partial charge in [0.15, 0.2) is 0 Å². The maximum absolute atomic E-state index is 12.9. The van der Waals surface area contributed by atoms with Crippen LogP contribution in [-0.4, -0.2) is 27.9 Å².